The van der Waals surface area contributed by atoms with Gasteiger partial charge in [0.25, 0.3) is 0 Å². The number of nitrogens with zero attached hydrogens (tertiary/aromatic N) is 1. The summed E-state index contributed by atoms with van der Waals surface area (Å²) < 4.78 is 5.31. The molecule has 0 aliphatic rings. The number of rotatable bonds is 7. The van der Waals surface area contributed by atoms with Crippen LogP contribution in [0.15, 0.2) is 36.5 Å². The quantitative estimate of drug-likeness (QED) is 0.760. The predicted octanol–water partition coefficient (Wildman–Crippen LogP) is 2.75. The molecule has 2 aromatic rings. The molecule has 1 heterocycles. The second-order valence-corrected chi connectivity index (χ2v) is 4.21. The largest absolute Gasteiger partial charge is 0.382 e. The number of ether oxygens (including phenoxy) is 1. The molecule has 0 spiro atoms. The van der Waals surface area contributed by atoms with Gasteiger partial charge in [-0.15, -0.1) is 0 Å². The van der Waals surface area contributed by atoms with Crippen molar-refractivity contribution in [2.45, 2.75) is 19.9 Å². The Morgan fingerprint density at radius 3 is 3.00 bits per heavy atom. The maximum atomic E-state index is 5.31. The zero-order chi connectivity index (χ0) is 12.6. The Hall–Kier alpha value is -1.45. The van der Waals surface area contributed by atoms with Crippen molar-refractivity contribution in [1.29, 1.82) is 0 Å². The number of para-hydroxylation sites is 1. The molecule has 0 saturated carbocycles. The van der Waals surface area contributed by atoms with Crippen LogP contribution in [0.25, 0.3) is 10.9 Å². The van der Waals surface area contributed by atoms with Crippen molar-refractivity contribution in [3.63, 3.8) is 0 Å². The third kappa shape index (κ3) is 3.52. The molecular formula is C15H20N2O. The maximum absolute atomic E-state index is 5.31. The normalized spacial score (nSPS) is 10.9. The van der Waals surface area contributed by atoms with Crippen molar-refractivity contribution in [2.24, 2.45) is 0 Å². The molecule has 0 saturated heterocycles. The first kappa shape index (κ1) is 13.0. The molecule has 0 amide bonds. The molecule has 18 heavy (non-hydrogen) atoms. The SMILES string of the molecule is CCOCCCNCc1ccnc2ccccc12. The summed E-state index contributed by atoms with van der Waals surface area (Å²) in [5, 5.41) is 4.68. The molecule has 1 N–H and O–H groups in total. The minimum absolute atomic E-state index is 0.801. The average molecular weight is 244 g/mol. The summed E-state index contributed by atoms with van der Waals surface area (Å²) in [5.74, 6) is 0. The number of hydrogen-bond acceptors (Lipinski definition) is 3. The molecule has 2 rings (SSSR count). The third-order valence-corrected chi connectivity index (χ3v) is 2.90. The topological polar surface area (TPSA) is 34.1 Å². The van der Waals surface area contributed by atoms with Crippen LogP contribution >= 0.6 is 0 Å². The Kier molecular flexibility index (Phi) is 5.12. The summed E-state index contributed by atoms with van der Waals surface area (Å²) in [7, 11) is 0. The zero-order valence-corrected chi connectivity index (χ0v) is 10.9. The average Bonchev–Trinajstić information content (AvgIpc) is 2.43. The highest BCUT2D eigenvalue weighted by Crippen LogP contribution is 2.15. The lowest BCUT2D eigenvalue weighted by Gasteiger charge is -2.07. The van der Waals surface area contributed by atoms with Crippen LogP contribution in [0.1, 0.15) is 18.9 Å². The van der Waals surface area contributed by atoms with Crippen molar-refractivity contribution in [1.82, 2.24) is 10.3 Å². The second kappa shape index (κ2) is 7.09. The number of aromatic nitrogens is 1. The molecule has 0 aliphatic carbocycles. The lowest BCUT2D eigenvalue weighted by atomic mass is 10.1. The van der Waals surface area contributed by atoms with Gasteiger partial charge >= 0.3 is 0 Å². The smallest absolute Gasteiger partial charge is 0.0705 e. The van der Waals surface area contributed by atoms with E-state index in [4.69, 9.17) is 4.74 Å². The number of hydrogen-bond donors (Lipinski definition) is 1. The van der Waals surface area contributed by atoms with Crippen molar-refractivity contribution < 1.29 is 4.74 Å². The predicted molar refractivity (Wildman–Crippen MR) is 74.6 cm³/mol. The highest BCUT2D eigenvalue weighted by atomic mass is 16.5. The van der Waals surface area contributed by atoms with Crippen LogP contribution in [-0.4, -0.2) is 24.7 Å². The van der Waals surface area contributed by atoms with Crippen LogP contribution in [0, 0.1) is 0 Å². The summed E-state index contributed by atoms with van der Waals surface area (Å²) in [6, 6.07) is 10.3. The number of pyridine rings is 1. The molecule has 0 fully saturated rings. The molecule has 0 unspecified atom stereocenters. The maximum Gasteiger partial charge on any atom is 0.0705 e. The van der Waals surface area contributed by atoms with Crippen LogP contribution in [0.2, 0.25) is 0 Å². The summed E-state index contributed by atoms with van der Waals surface area (Å²) in [6.45, 7) is 5.53. The van der Waals surface area contributed by atoms with Gasteiger partial charge in [0.05, 0.1) is 5.52 Å². The van der Waals surface area contributed by atoms with E-state index in [1.165, 1.54) is 10.9 Å². The third-order valence-electron chi connectivity index (χ3n) is 2.90. The Balaban J connectivity index is 1.88. The van der Waals surface area contributed by atoms with Crippen molar-refractivity contribution >= 4 is 10.9 Å². The zero-order valence-electron chi connectivity index (χ0n) is 10.9. The Morgan fingerprint density at radius 1 is 1.22 bits per heavy atom. The van der Waals surface area contributed by atoms with E-state index in [1.54, 1.807) is 0 Å². The van der Waals surface area contributed by atoms with Crippen LogP contribution in [0.3, 0.4) is 0 Å². The van der Waals surface area contributed by atoms with Gasteiger partial charge in [-0.25, -0.2) is 0 Å². The van der Waals surface area contributed by atoms with Gasteiger partial charge in [0.2, 0.25) is 0 Å². The molecule has 1 aromatic heterocycles. The van der Waals surface area contributed by atoms with E-state index in [2.05, 4.69) is 28.5 Å². The van der Waals surface area contributed by atoms with E-state index in [0.29, 0.717) is 0 Å². The first-order valence-electron chi connectivity index (χ1n) is 6.53. The highest BCUT2D eigenvalue weighted by Gasteiger charge is 2.00. The molecule has 0 bridgehead atoms. The number of fused-ring (bicyclic) bond motifs is 1. The van der Waals surface area contributed by atoms with Gasteiger partial charge < -0.3 is 10.1 Å². The summed E-state index contributed by atoms with van der Waals surface area (Å²) in [5.41, 5.74) is 2.36. The fourth-order valence-electron chi connectivity index (χ4n) is 1.98. The Labute approximate surface area is 108 Å². The molecule has 1 aromatic carbocycles. The molecule has 3 nitrogen and oxygen atoms in total. The molecule has 0 aliphatic heterocycles. The minimum atomic E-state index is 0.801. The first-order valence-corrected chi connectivity index (χ1v) is 6.53. The van der Waals surface area contributed by atoms with Gasteiger partial charge in [-0.1, -0.05) is 18.2 Å². The molecule has 0 atom stereocenters. The Bertz CT molecular complexity index is 479. The van der Waals surface area contributed by atoms with E-state index in [1.807, 2.05) is 25.3 Å². The van der Waals surface area contributed by atoms with Gasteiger partial charge in [-0.3, -0.25) is 4.98 Å². The fraction of sp³-hybridized carbons (Fsp3) is 0.400. The lowest BCUT2D eigenvalue weighted by Crippen LogP contribution is -2.16. The summed E-state index contributed by atoms with van der Waals surface area (Å²) in [4.78, 5) is 4.36. The summed E-state index contributed by atoms with van der Waals surface area (Å²) in [6.07, 6.45) is 2.93. The van der Waals surface area contributed by atoms with E-state index < -0.39 is 0 Å². The van der Waals surface area contributed by atoms with E-state index in [-0.39, 0.29) is 0 Å². The number of nitrogens with one attached hydrogen (secondary N) is 1. The van der Waals surface area contributed by atoms with Crippen molar-refractivity contribution in [2.75, 3.05) is 19.8 Å². The Morgan fingerprint density at radius 2 is 2.11 bits per heavy atom. The van der Waals surface area contributed by atoms with Crippen molar-refractivity contribution in [3.05, 3.63) is 42.1 Å². The van der Waals surface area contributed by atoms with Crippen molar-refractivity contribution in [3.8, 4) is 0 Å². The van der Waals surface area contributed by atoms with Gasteiger partial charge in [-0.2, -0.15) is 0 Å². The van der Waals surface area contributed by atoms with Crippen LogP contribution in [-0.2, 0) is 11.3 Å². The fourth-order valence-corrected chi connectivity index (χ4v) is 1.98. The van der Waals surface area contributed by atoms with Crippen LogP contribution in [0.5, 0.6) is 0 Å². The standard InChI is InChI=1S/C15H20N2O/c1-2-18-11-5-9-16-12-13-8-10-17-15-7-4-3-6-14(13)15/h3-4,6-8,10,16H,2,5,9,11-12H2,1H3. The lowest BCUT2D eigenvalue weighted by molar-refractivity contribution is 0.144. The van der Waals surface area contributed by atoms with Gasteiger partial charge in [0.15, 0.2) is 0 Å². The molecular weight excluding hydrogens is 224 g/mol. The monoisotopic (exact) mass is 244 g/mol. The summed E-state index contributed by atoms with van der Waals surface area (Å²) >= 11 is 0. The van der Waals surface area contributed by atoms with Gasteiger partial charge in [-0.05, 0) is 37.6 Å². The van der Waals surface area contributed by atoms with E-state index in [0.717, 1.165) is 38.2 Å². The van der Waals surface area contributed by atoms with Gasteiger partial charge in [0, 0.05) is 31.3 Å². The van der Waals surface area contributed by atoms with Crippen LogP contribution < -0.4 is 5.32 Å². The molecule has 3 heteroatoms. The van der Waals surface area contributed by atoms with Gasteiger partial charge in [0.1, 0.15) is 0 Å². The first-order chi connectivity index (χ1) is 8.92. The minimum Gasteiger partial charge on any atom is -0.382 e. The highest BCUT2D eigenvalue weighted by molar-refractivity contribution is 5.81. The molecule has 0 radical (unpaired) electrons. The molecule has 96 valence electrons. The van der Waals surface area contributed by atoms with Crippen LogP contribution in [0.4, 0.5) is 0 Å². The number of benzene rings is 1. The van der Waals surface area contributed by atoms with E-state index in [9.17, 15) is 0 Å². The van der Waals surface area contributed by atoms with E-state index >= 15 is 0 Å². The second-order valence-electron chi connectivity index (χ2n) is 4.21.